The predicted octanol–water partition coefficient (Wildman–Crippen LogP) is 3.24. The highest BCUT2D eigenvalue weighted by atomic mass is 32.1. The molecule has 0 bridgehead atoms. The van der Waals surface area contributed by atoms with Crippen LogP contribution in [0.4, 0.5) is 0 Å². The van der Waals surface area contributed by atoms with Crippen molar-refractivity contribution >= 4 is 17.2 Å². The van der Waals surface area contributed by atoms with Crippen LogP contribution >= 0.6 is 11.3 Å². The topological polar surface area (TPSA) is 94.2 Å². The van der Waals surface area contributed by atoms with Gasteiger partial charge in [0.05, 0.1) is 16.6 Å². The second-order valence-electron chi connectivity index (χ2n) is 8.04. The van der Waals surface area contributed by atoms with E-state index in [-0.39, 0.29) is 17.2 Å². The first-order valence-corrected chi connectivity index (χ1v) is 10.9. The molecule has 0 radical (unpaired) electrons. The van der Waals surface area contributed by atoms with Crippen LogP contribution in [0.5, 0.6) is 0 Å². The molecule has 1 unspecified atom stereocenters. The number of aryl methyl sites for hydroxylation is 2. The predicted molar refractivity (Wildman–Crippen MR) is 110 cm³/mol. The number of likely N-dealkylation sites (tertiary alicyclic amines) is 1. The lowest BCUT2D eigenvalue weighted by molar-refractivity contribution is 0.00910. The van der Waals surface area contributed by atoms with Gasteiger partial charge in [-0.1, -0.05) is 0 Å². The second kappa shape index (κ2) is 7.55. The molecule has 1 spiro atoms. The first-order chi connectivity index (χ1) is 14.6. The maximum atomic E-state index is 13.3. The van der Waals surface area contributed by atoms with E-state index in [1.165, 1.54) is 11.3 Å². The average Bonchev–Trinajstić information content (AvgIpc) is 3.46. The number of amides is 1. The zero-order chi connectivity index (χ0) is 20.7. The minimum absolute atomic E-state index is 0.0113. The molecule has 156 valence electrons. The fraction of sp³-hybridized carbons (Fsp3) is 0.476. The molecule has 5 rings (SSSR count). The monoisotopic (exact) mass is 425 g/mol. The molecule has 1 amide bonds. The van der Waals surface area contributed by atoms with Gasteiger partial charge in [-0.15, -0.1) is 21.5 Å². The van der Waals surface area contributed by atoms with Gasteiger partial charge in [0.25, 0.3) is 5.91 Å². The quantitative estimate of drug-likeness (QED) is 0.636. The third kappa shape index (κ3) is 3.31. The maximum Gasteiger partial charge on any atom is 0.265 e. The fourth-order valence-corrected chi connectivity index (χ4v) is 5.50. The van der Waals surface area contributed by atoms with Crippen LogP contribution in [-0.2, 0) is 4.74 Å². The summed E-state index contributed by atoms with van der Waals surface area (Å²) < 4.78 is 11.7. The summed E-state index contributed by atoms with van der Waals surface area (Å²) >= 11 is 1.46. The van der Waals surface area contributed by atoms with Crippen LogP contribution in [-0.4, -0.2) is 57.3 Å². The van der Waals surface area contributed by atoms with Gasteiger partial charge in [-0.25, -0.2) is 4.98 Å². The van der Waals surface area contributed by atoms with Gasteiger partial charge in [0.15, 0.2) is 0 Å². The summed E-state index contributed by atoms with van der Waals surface area (Å²) in [7, 11) is 0. The number of thiazole rings is 1. The Bertz CT molecular complexity index is 1060. The van der Waals surface area contributed by atoms with E-state index in [4.69, 9.17) is 9.15 Å². The first-order valence-electron chi connectivity index (χ1n) is 10.1. The average molecular weight is 426 g/mol. The maximum absolute atomic E-state index is 13.3. The fourth-order valence-electron chi connectivity index (χ4n) is 4.61. The number of rotatable bonds is 3. The van der Waals surface area contributed by atoms with Crippen molar-refractivity contribution < 1.29 is 13.9 Å². The Labute approximate surface area is 178 Å². The molecule has 3 aromatic rings. The van der Waals surface area contributed by atoms with E-state index >= 15 is 0 Å². The van der Waals surface area contributed by atoms with Gasteiger partial charge in [0.1, 0.15) is 4.88 Å². The van der Waals surface area contributed by atoms with Crippen LogP contribution in [0.1, 0.15) is 45.0 Å². The number of hydrogen-bond acceptors (Lipinski definition) is 8. The van der Waals surface area contributed by atoms with Crippen LogP contribution < -0.4 is 0 Å². The summed E-state index contributed by atoms with van der Waals surface area (Å²) in [5.41, 5.74) is 1.53. The van der Waals surface area contributed by atoms with Crippen LogP contribution in [0.2, 0.25) is 0 Å². The van der Waals surface area contributed by atoms with Crippen molar-refractivity contribution in [3.63, 3.8) is 0 Å². The summed E-state index contributed by atoms with van der Waals surface area (Å²) in [6, 6.07) is 3.70. The number of nitrogens with zero attached hydrogens (tertiary/aromatic N) is 5. The van der Waals surface area contributed by atoms with Crippen LogP contribution in [0.15, 0.2) is 28.9 Å². The smallest absolute Gasteiger partial charge is 0.265 e. The van der Waals surface area contributed by atoms with Crippen LogP contribution in [0.3, 0.4) is 0 Å². The van der Waals surface area contributed by atoms with E-state index in [1.807, 2.05) is 30.9 Å². The van der Waals surface area contributed by atoms with Gasteiger partial charge in [0, 0.05) is 49.7 Å². The summed E-state index contributed by atoms with van der Waals surface area (Å²) in [5, 5.41) is 9.56. The summed E-state index contributed by atoms with van der Waals surface area (Å²) in [4.78, 5) is 24.4. The van der Waals surface area contributed by atoms with Gasteiger partial charge >= 0.3 is 0 Å². The highest BCUT2D eigenvalue weighted by molar-refractivity contribution is 7.13. The molecule has 2 fully saturated rings. The van der Waals surface area contributed by atoms with Gasteiger partial charge in [0.2, 0.25) is 11.8 Å². The highest BCUT2D eigenvalue weighted by Crippen LogP contribution is 2.49. The Morgan fingerprint density at radius 1 is 1.20 bits per heavy atom. The molecule has 0 aliphatic carbocycles. The Morgan fingerprint density at radius 2 is 1.97 bits per heavy atom. The van der Waals surface area contributed by atoms with Crippen molar-refractivity contribution in [2.24, 2.45) is 5.41 Å². The lowest BCUT2D eigenvalue weighted by Gasteiger charge is -2.36. The zero-order valence-electron chi connectivity index (χ0n) is 17.0. The number of aromatic nitrogens is 4. The third-order valence-electron chi connectivity index (χ3n) is 6.19. The van der Waals surface area contributed by atoms with Gasteiger partial charge in [-0.3, -0.25) is 9.78 Å². The van der Waals surface area contributed by atoms with E-state index in [2.05, 4.69) is 20.2 Å². The SMILES string of the molecule is Cc1nc(C)c(C(=O)N2CC(c3nnc(-c4ccncc4)o3)C3(CCOCC3)C2)s1. The van der Waals surface area contributed by atoms with Crippen molar-refractivity contribution in [2.75, 3.05) is 26.3 Å². The van der Waals surface area contributed by atoms with Gasteiger partial charge in [-0.2, -0.15) is 0 Å². The number of carbonyl (C=O) groups is 1. The van der Waals surface area contributed by atoms with Crippen molar-refractivity contribution in [1.82, 2.24) is 25.1 Å². The second-order valence-corrected chi connectivity index (χ2v) is 9.24. The van der Waals surface area contributed by atoms with E-state index in [9.17, 15) is 4.79 Å². The molecule has 3 aromatic heterocycles. The minimum atomic E-state index is -0.108. The number of hydrogen-bond donors (Lipinski definition) is 0. The molecule has 5 heterocycles. The number of ether oxygens (including phenoxy) is 1. The van der Waals surface area contributed by atoms with Crippen molar-refractivity contribution in [3.05, 3.63) is 46.0 Å². The zero-order valence-corrected chi connectivity index (χ0v) is 17.8. The molecule has 2 aliphatic heterocycles. The highest BCUT2D eigenvalue weighted by Gasteiger charge is 2.51. The number of carbonyl (C=O) groups excluding carboxylic acids is 1. The summed E-state index contributed by atoms with van der Waals surface area (Å²) in [6.45, 7) is 6.43. The molecule has 0 saturated carbocycles. The third-order valence-corrected chi connectivity index (χ3v) is 7.25. The Hall–Kier alpha value is -2.65. The lowest BCUT2D eigenvalue weighted by Crippen LogP contribution is -2.37. The van der Waals surface area contributed by atoms with E-state index < -0.39 is 0 Å². The van der Waals surface area contributed by atoms with Crippen molar-refractivity contribution in [1.29, 1.82) is 0 Å². The molecule has 0 aromatic carbocycles. The largest absolute Gasteiger partial charge is 0.420 e. The Kier molecular flexibility index (Phi) is 4.86. The van der Waals surface area contributed by atoms with Crippen molar-refractivity contribution in [2.45, 2.75) is 32.6 Å². The number of pyridine rings is 1. The van der Waals surface area contributed by atoms with Gasteiger partial charge < -0.3 is 14.1 Å². The Morgan fingerprint density at radius 3 is 2.67 bits per heavy atom. The summed E-state index contributed by atoms with van der Waals surface area (Å²) in [5.74, 6) is 1.10. The molecule has 30 heavy (non-hydrogen) atoms. The first kappa shape index (κ1) is 19.3. The molecule has 1 atom stereocenters. The van der Waals surface area contributed by atoms with E-state index in [0.29, 0.717) is 38.1 Å². The van der Waals surface area contributed by atoms with Crippen LogP contribution in [0, 0.1) is 19.3 Å². The van der Waals surface area contributed by atoms with E-state index in [0.717, 1.165) is 34.0 Å². The van der Waals surface area contributed by atoms with Gasteiger partial charge in [-0.05, 0) is 38.8 Å². The van der Waals surface area contributed by atoms with E-state index in [1.54, 1.807) is 12.4 Å². The molecule has 8 nitrogen and oxygen atoms in total. The van der Waals surface area contributed by atoms with Crippen LogP contribution in [0.25, 0.3) is 11.5 Å². The molecule has 0 N–H and O–H groups in total. The standard InChI is InChI=1S/C21H23N5O3S/c1-13-17(30-14(2)23-13)20(27)26-11-16(21(12-26)5-9-28-10-6-21)19-25-24-18(29-19)15-3-7-22-8-4-15/h3-4,7-8,16H,5-6,9-12H2,1-2H3. The lowest BCUT2D eigenvalue weighted by atomic mass is 9.72. The molecular formula is C21H23N5O3S. The van der Waals surface area contributed by atoms with Crippen molar-refractivity contribution in [3.8, 4) is 11.5 Å². The Balaban J connectivity index is 1.46. The molecule has 9 heteroatoms. The molecule has 2 aliphatic rings. The molecular weight excluding hydrogens is 402 g/mol. The molecule has 2 saturated heterocycles. The summed E-state index contributed by atoms with van der Waals surface area (Å²) in [6.07, 6.45) is 5.15. The minimum Gasteiger partial charge on any atom is -0.420 e. The normalized spacial score (nSPS) is 20.7.